The number of hydrogen-bond donors (Lipinski definition) is 1. The largest absolute Gasteiger partial charge is 0.496 e. The van der Waals surface area contributed by atoms with Crippen LogP contribution in [-0.4, -0.2) is 16.9 Å². The average molecular weight is 273 g/mol. The molecule has 0 bridgehead atoms. The molecule has 1 heterocycles. The lowest BCUT2D eigenvalue weighted by molar-refractivity contribution is 0.412. The van der Waals surface area contributed by atoms with E-state index in [9.17, 15) is 0 Å². The van der Waals surface area contributed by atoms with Gasteiger partial charge < -0.3 is 10.1 Å². The van der Waals surface area contributed by atoms with Crippen LogP contribution in [0, 0.1) is 6.92 Å². The minimum absolute atomic E-state index is 0.436. The minimum atomic E-state index is 0.436. The molecule has 1 aromatic carbocycles. The number of methoxy groups -OCH3 is 1. The van der Waals surface area contributed by atoms with Crippen LogP contribution in [-0.2, 0) is 13.6 Å². The Morgan fingerprint density at radius 2 is 2.10 bits per heavy atom. The Bertz CT molecular complexity index is 587. The molecule has 20 heavy (non-hydrogen) atoms. The molecule has 0 saturated carbocycles. The zero-order chi connectivity index (χ0) is 14.7. The smallest absolute Gasteiger partial charge is 0.121 e. The van der Waals surface area contributed by atoms with Crippen LogP contribution in [0.25, 0.3) is 0 Å². The van der Waals surface area contributed by atoms with Gasteiger partial charge in [0.2, 0.25) is 0 Å². The van der Waals surface area contributed by atoms with E-state index in [1.165, 1.54) is 5.56 Å². The number of anilines is 1. The van der Waals surface area contributed by atoms with Crippen molar-refractivity contribution >= 4 is 5.69 Å². The summed E-state index contributed by atoms with van der Waals surface area (Å²) in [7, 11) is 3.66. The van der Waals surface area contributed by atoms with Gasteiger partial charge in [0.05, 0.1) is 12.8 Å². The Morgan fingerprint density at radius 1 is 1.35 bits per heavy atom. The summed E-state index contributed by atoms with van der Waals surface area (Å²) < 4.78 is 7.16. The molecule has 2 rings (SSSR count). The monoisotopic (exact) mass is 273 g/mol. The van der Waals surface area contributed by atoms with E-state index < -0.39 is 0 Å². The molecule has 0 saturated heterocycles. The van der Waals surface area contributed by atoms with Crippen LogP contribution in [0.4, 0.5) is 5.69 Å². The number of nitrogens with one attached hydrogen (secondary N) is 1. The van der Waals surface area contributed by atoms with Gasteiger partial charge in [-0.2, -0.15) is 5.10 Å². The average Bonchev–Trinajstić information content (AvgIpc) is 2.78. The molecule has 0 unspecified atom stereocenters. The van der Waals surface area contributed by atoms with Crippen molar-refractivity contribution in [2.24, 2.45) is 7.05 Å². The van der Waals surface area contributed by atoms with Gasteiger partial charge in [-0.15, -0.1) is 0 Å². The number of ether oxygens (including phenoxy) is 1. The van der Waals surface area contributed by atoms with Crippen LogP contribution in [0.2, 0.25) is 0 Å². The van der Waals surface area contributed by atoms with Crippen molar-refractivity contribution < 1.29 is 4.74 Å². The quantitative estimate of drug-likeness (QED) is 0.906. The molecule has 4 heteroatoms. The third-order valence-corrected chi connectivity index (χ3v) is 3.36. The van der Waals surface area contributed by atoms with Gasteiger partial charge in [-0.05, 0) is 36.6 Å². The maximum absolute atomic E-state index is 5.28. The number of hydrogen-bond acceptors (Lipinski definition) is 3. The zero-order valence-corrected chi connectivity index (χ0v) is 12.9. The molecule has 0 fully saturated rings. The van der Waals surface area contributed by atoms with Crippen LogP contribution in [0.15, 0.2) is 24.4 Å². The van der Waals surface area contributed by atoms with Gasteiger partial charge in [0.1, 0.15) is 5.75 Å². The van der Waals surface area contributed by atoms with Crippen molar-refractivity contribution in [1.82, 2.24) is 9.78 Å². The van der Waals surface area contributed by atoms with Crippen molar-refractivity contribution in [2.45, 2.75) is 33.2 Å². The summed E-state index contributed by atoms with van der Waals surface area (Å²) in [5.41, 5.74) is 4.64. The molecule has 0 spiro atoms. The highest BCUT2D eigenvalue weighted by atomic mass is 16.5. The first-order valence-electron chi connectivity index (χ1n) is 6.92. The maximum atomic E-state index is 5.28. The van der Waals surface area contributed by atoms with Gasteiger partial charge in [0.15, 0.2) is 0 Å². The molecular weight excluding hydrogens is 250 g/mol. The van der Waals surface area contributed by atoms with E-state index in [1.54, 1.807) is 7.11 Å². The molecule has 0 amide bonds. The SMILES string of the molecule is COc1ccc(NCc2cn(C)nc2C(C)C)cc1C. The van der Waals surface area contributed by atoms with E-state index in [2.05, 4.69) is 36.5 Å². The van der Waals surface area contributed by atoms with Gasteiger partial charge in [-0.25, -0.2) is 0 Å². The fraction of sp³-hybridized carbons (Fsp3) is 0.438. The van der Waals surface area contributed by atoms with Crippen LogP contribution >= 0.6 is 0 Å². The lowest BCUT2D eigenvalue weighted by Gasteiger charge is -2.10. The molecule has 0 aliphatic rings. The van der Waals surface area contributed by atoms with Crippen molar-refractivity contribution in [3.8, 4) is 5.75 Å². The highest BCUT2D eigenvalue weighted by molar-refractivity contribution is 5.51. The first-order valence-corrected chi connectivity index (χ1v) is 6.92. The van der Waals surface area contributed by atoms with E-state index in [-0.39, 0.29) is 0 Å². The zero-order valence-electron chi connectivity index (χ0n) is 12.9. The number of nitrogens with zero attached hydrogens (tertiary/aromatic N) is 2. The summed E-state index contributed by atoms with van der Waals surface area (Å²) in [6.07, 6.45) is 2.08. The van der Waals surface area contributed by atoms with Crippen LogP contribution in [0.1, 0.15) is 36.6 Å². The van der Waals surface area contributed by atoms with Crippen LogP contribution in [0.5, 0.6) is 5.75 Å². The second-order valence-corrected chi connectivity index (χ2v) is 5.41. The van der Waals surface area contributed by atoms with Crippen molar-refractivity contribution in [3.63, 3.8) is 0 Å². The van der Waals surface area contributed by atoms with E-state index in [4.69, 9.17) is 4.74 Å². The summed E-state index contributed by atoms with van der Waals surface area (Å²) in [5, 5.41) is 7.98. The van der Waals surface area contributed by atoms with Crippen LogP contribution < -0.4 is 10.1 Å². The molecule has 0 atom stereocenters. The second kappa shape index (κ2) is 5.99. The van der Waals surface area contributed by atoms with Gasteiger partial charge in [-0.1, -0.05) is 13.8 Å². The third-order valence-electron chi connectivity index (χ3n) is 3.36. The molecular formula is C16H23N3O. The summed E-state index contributed by atoms with van der Waals surface area (Å²) in [5.74, 6) is 1.35. The molecule has 2 aromatic rings. The van der Waals surface area contributed by atoms with Crippen molar-refractivity contribution in [2.75, 3.05) is 12.4 Å². The van der Waals surface area contributed by atoms with Crippen molar-refractivity contribution in [1.29, 1.82) is 0 Å². The predicted molar refractivity (Wildman–Crippen MR) is 82.4 cm³/mol. The maximum Gasteiger partial charge on any atom is 0.121 e. The van der Waals surface area contributed by atoms with Gasteiger partial charge >= 0.3 is 0 Å². The van der Waals surface area contributed by atoms with E-state index in [0.29, 0.717) is 5.92 Å². The summed E-state index contributed by atoms with van der Waals surface area (Å²) >= 11 is 0. The fourth-order valence-corrected chi connectivity index (χ4v) is 2.36. The Balaban J connectivity index is 2.11. The highest BCUT2D eigenvalue weighted by Gasteiger charge is 2.11. The number of aryl methyl sites for hydroxylation is 2. The molecule has 108 valence electrons. The molecule has 1 aromatic heterocycles. The Morgan fingerprint density at radius 3 is 2.70 bits per heavy atom. The number of aromatic nitrogens is 2. The van der Waals surface area contributed by atoms with Gasteiger partial charge in [0, 0.05) is 31.0 Å². The minimum Gasteiger partial charge on any atom is -0.496 e. The molecule has 4 nitrogen and oxygen atoms in total. The Hall–Kier alpha value is -1.97. The topological polar surface area (TPSA) is 39.1 Å². The van der Waals surface area contributed by atoms with Crippen LogP contribution in [0.3, 0.4) is 0 Å². The van der Waals surface area contributed by atoms with E-state index in [1.807, 2.05) is 30.8 Å². The summed E-state index contributed by atoms with van der Waals surface area (Å²) in [6.45, 7) is 7.17. The third kappa shape index (κ3) is 3.13. The molecule has 0 aliphatic heterocycles. The molecule has 1 N–H and O–H groups in total. The standard InChI is InChI=1S/C16H23N3O/c1-11(2)16-13(10-19(4)18-16)9-17-14-6-7-15(20-5)12(3)8-14/h6-8,10-11,17H,9H2,1-5H3. The fourth-order valence-electron chi connectivity index (χ4n) is 2.36. The first-order chi connectivity index (χ1) is 9.51. The Kier molecular flexibility index (Phi) is 4.32. The molecule has 0 aliphatic carbocycles. The number of rotatable bonds is 5. The lowest BCUT2D eigenvalue weighted by Crippen LogP contribution is -2.03. The number of benzene rings is 1. The van der Waals surface area contributed by atoms with E-state index in [0.717, 1.165) is 29.2 Å². The first kappa shape index (κ1) is 14.4. The van der Waals surface area contributed by atoms with Gasteiger partial charge in [0.25, 0.3) is 0 Å². The molecule has 0 radical (unpaired) electrons. The van der Waals surface area contributed by atoms with Gasteiger partial charge in [-0.3, -0.25) is 4.68 Å². The normalized spacial score (nSPS) is 10.9. The summed E-state index contributed by atoms with van der Waals surface area (Å²) in [6, 6.07) is 6.13. The highest BCUT2D eigenvalue weighted by Crippen LogP contribution is 2.23. The van der Waals surface area contributed by atoms with E-state index >= 15 is 0 Å². The second-order valence-electron chi connectivity index (χ2n) is 5.41. The van der Waals surface area contributed by atoms with Crippen molar-refractivity contribution in [3.05, 3.63) is 41.2 Å². The summed E-state index contributed by atoms with van der Waals surface area (Å²) in [4.78, 5) is 0. The lowest BCUT2D eigenvalue weighted by atomic mass is 10.1. The Labute approximate surface area is 120 Å². The predicted octanol–water partition coefficient (Wildman–Crippen LogP) is 3.47.